The second-order valence-electron chi connectivity index (χ2n) is 8.23. The third-order valence-electron chi connectivity index (χ3n) is 5.90. The lowest BCUT2D eigenvalue weighted by Gasteiger charge is -2.27. The largest absolute Gasteiger partial charge is 0.492 e. The minimum atomic E-state index is -1.20. The Labute approximate surface area is 196 Å². The number of benzene rings is 2. The zero-order valence-electron chi connectivity index (χ0n) is 19.8. The van der Waals surface area contributed by atoms with E-state index in [2.05, 4.69) is 53.2 Å². The van der Waals surface area contributed by atoms with Gasteiger partial charge < -0.3 is 15.0 Å². The van der Waals surface area contributed by atoms with Crippen molar-refractivity contribution in [2.24, 2.45) is 0 Å². The van der Waals surface area contributed by atoms with Gasteiger partial charge in [-0.3, -0.25) is 4.90 Å². The van der Waals surface area contributed by atoms with Crippen LogP contribution in [0.1, 0.15) is 25.0 Å². The average molecular weight is 459 g/mol. The minimum Gasteiger partial charge on any atom is -0.492 e. The van der Waals surface area contributed by atoms with Crippen LogP contribution in [0.4, 0.5) is 0 Å². The summed E-state index contributed by atoms with van der Waals surface area (Å²) in [6.45, 7) is 13.8. The summed E-state index contributed by atoms with van der Waals surface area (Å²) in [6.07, 6.45) is 0. The van der Waals surface area contributed by atoms with Crippen LogP contribution in [0.15, 0.2) is 53.4 Å². The van der Waals surface area contributed by atoms with Crippen LogP contribution in [-0.4, -0.2) is 77.8 Å². The van der Waals surface area contributed by atoms with Crippen molar-refractivity contribution in [1.82, 2.24) is 19.4 Å². The van der Waals surface area contributed by atoms with Gasteiger partial charge in [-0.05, 0) is 48.5 Å². The molecule has 1 N–H and O–H groups in total. The highest BCUT2D eigenvalue weighted by molar-refractivity contribution is 7.82. The van der Waals surface area contributed by atoms with Crippen molar-refractivity contribution in [2.45, 2.75) is 31.8 Å². The van der Waals surface area contributed by atoms with Crippen molar-refractivity contribution in [2.75, 3.05) is 59.5 Å². The second-order valence-corrected chi connectivity index (χ2v) is 9.82. The van der Waals surface area contributed by atoms with Crippen LogP contribution in [0, 0.1) is 0 Å². The van der Waals surface area contributed by atoms with Crippen LogP contribution in [0.2, 0.25) is 0 Å². The number of nitrogens with zero attached hydrogens (tertiary/aromatic N) is 3. The number of hydrogen-bond donors (Lipinski definition) is 1. The highest BCUT2D eigenvalue weighted by Crippen LogP contribution is 2.18. The number of ether oxygens (including phenoxy) is 1. The van der Waals surface area contributed by atoms with E-state index in [9.17, 15) is 4.21 Å². The Morgan fingerprint density at radius 2 is 1.75 bits per heavy atom. The molecule has 0 spiro atoms. The molecule has 32 heavy (non-hydrogen) atoms. The van der Waals surface area contributed by atoms with E-state index in [4.69, 9.17) is 4.74 Å². The Kier molecular flexibility index (Phi) is 10.1. The van der Waals surface area contributed by atoms with Gasteiger partial charge in [0.05, 0.1) is 4.90 Å². The lowest BCUT2D eigenvalue weighted by Crippen LogP contribution is -2.42. The maximum atomic E-state index is 13.1. The van der Waals surface area contributed by atoms with Crippen molar-refractivity contribution in [3.63, 3.8) is 0 Å². The lowest BCUT2D eigenvalue weighted by molar-refractivity contribution is 0.223. The van der Waals surface area contributed by atoms with Gasteiger partial charge >= 0.3 is 0 Å². The normalized spacial score (nSPS) is 15.9. The van der Waals surface area contributed by atoms with Crippen molar-refractivity contribution in [1.29, 1.82) is 0 Å². The molecule has 176 valence electrons. The third-order valence-corrected chi connectivity index (χ3v) is 7.25. The van der Waals surface area contributed by atoms with Gasteiger partial charge in [0.2, 0.25) is 0 Å². The van der Waals surface area contributed by atoms with Crippen molar-refractivity contribution < 1.29 is 8.95 Å². The molecular weight excluding hydrogens is 420 g/mol. The summed E-state index contributed by atoms with van der Waals surface area (Å²) >= 11 is 0. The molecule has 1 saturated heterocycles. The van der Waals surface area contributed by atoms with Gasteiger partial charge in [0, 0.05) is 52.9 Å². The SMILES string of the molecule is CCN(CC)CCOc1ccc(CN(C)S(=O)c2cccc(CN3CCNCC3)c2)cc1. The van der Waals surface area contributed by atoms with Gasteiger partial charge in [-0.2, -0.15) is 0 Å². The fourth-order valence-electron chi connectivity index (χ4n) is 3.90. The third kappa shape index (κ3) is 7.67. The molecule has 2 aromatic carbocycles. The van der Waals surface area contributed by atoms with Gasteiger partial charge in [0.25, 0.3) is 0 Å². The Morgan fingerprint density at radius 3 is 2.44 bits per heavy atom. The fourth-order valence-corrected chi connectivity index (χ4v) is 4.97. The molecule has 0 radical (unpaired) electrons. The quantitative estimate of drug-likeness (QED) is 0.530. The summed E-state index contributed by atoms with van der Waals surface area (Å²) in [5, 5.41) is 3.38. The Bertz CT molecular complexity index is 836. The van der Waals surface area contributed by atoms with Crippen LogP contribution in [0.25, 0.3) is 0 Å². The summed E-state index contributed by atoms with van der Waals surface area (Å²) in [7, 11) is 0.713. The van der Waals surface area contributed by atoms with E-state index in [-0.39, 0.29) is 0 Å². The van der Waals surface area contributed by atoms with Gasteiger partial charge in [-0.1, -0.05) is 38.1 Å². The summed E-state index contributed by atoms with van der Waals surface area (Å²) in [5.41, 5.74) is 2.34. The average Bonchev–Trinajstić information content (AvgIpc) is 2.83. The molecule has 1 aliphatic rings. The van der Waals surface area contributed by atoms with Gasteiger partial charge in [0.1, 0.15) is 23.3 Å². The fraction of sp³-hybridized carbons (Fsp3) is 0.520. The molecule has 0 amide bonds. The molecule has 6 nitrogen and oxygen atoms in total. The standard InChI is InChI=1S/C25H38N4O2S/c1-4-28(5-2)17-18-31-24-11-9-22(10-12-24)20-27(3)32(30)25-8-6-7-23(19-25)21-29-15-13-26-14-16-29/h6-12,19,26H,4-5,13-18,20-21H2,1-3H3. The van der Waals surface area contributed by atoms with Crippen LogP contribution >= 0.6 is 0 Å². The van der Waals surface area contributed by atoms with Gasteiger partial charge in [0.15, 0.2) is 0 Å². The van der Waals surface area contributed by atoms with E-state index >= 15 is 0 Å². The Balaban J connectivity index is 1.51. The van der Waals surface area contributed by atoms with Crippen LogP contribution in [0.5, 0.6) is 5.75 Å². The van der Waals surface area contributed by atoms with E-state index < -0.39 is 11.0 Å². The number of hydrogen-bond acceptors (Lipinski definition) is 5. The summed E-state index contributed by atoms with van der Waals surface area (Å²) in [6, 6.07) is 16.3. The van der Waals surface area contributed by atoms with Crippen molar-refractivity contribution in [3.05, 3.63) is 59.7 Å². The smallest absolute Gasteiger partial charge is 0.127 e. The first-order valence-electron chi connectivity index (χ1n) is 11.7. The molecule has 3 rings (SSSR count). The molecular formula is C25H38N4O2S. The van der Waals surface area contributed by atoms with E-state index in [0.29, 0.717) is 13.2 Å². The van der Waals surface area contributed by atoms with Crippen LogP contribution < -0.4 is 10.1 Å². The molecule has 1 atom stereocenters. The van der Waals surface area contributed by atoms with Crippen LogP contribution in [0.3, 0.4) is 0 Å². The number of rotatable bonds is 12. The molecule has 1 aliphatic heterocycles. The predicted octanol–water partition coefficient (Wildman–Crippen LogP) is 2.97. The molecule has 2 aromatic rings. The molecule has 0 aromatic heterocycles. The highest BCUT2D eigenvalue weighted by Gasteiger charge is 2.14. The first-order chi connectivity index (χ1) is 15.6. The number of nitrogens with one attached hydrogen (secondary N) is 1. The van der Waals surface area contributed by atoms with E-state index in [0.717, 1.165) is 68.6 Å². The summed E-state index contributed by atoms with van der Waals surface area (Å²) in [5.74, 6) is 0.880. The minimum absolute atomic E-state index is 0.619. The van der Waals surface area contributed by atoms with Gasteiger partial charge in [-0.15, -0.1) is 0 Å². The maximum absolute atomic E-state index is 13.1. The van der Waals surface area contributed by atoms with E-state index in [1.54, 1.807) is 0 Å². The second kappa shape index (κ2) is 13.1. The lowest BCUT2D eigenvalue weighted by atomic mass is 10.2. The first-order valence-corrected chi connectivity index (χ1v) is 12.8. The Hall–Kier alpha value is -1.77. The van der Waals surface area contributed by atoms with Crippen molar-refractivity contribution >= 4 is 11.0 Å². The van der Waals surface area contributed by atoms with E-state index in [1.807, 2.05) is 35.6 Å². The zero-order chi connectivity index (χ0) is 22.8. The number of piperazine rings is 1. The van der Waals surface area contributed by atoms with E-state index in [1.165, 1.54) is 5.56 Å². The topological polar surface area (TPSA) is 48.1 Å². The molecule has 0 saturated carbocycles. The summed E-state index contributed by atoms with van der Waals surface area (Å²) in [4.78, 5) is 5.64. The molecule has 1 heterocycles. The molecule has 7 heteroatoms. The zero-order valence-corrected chi connectivity index (χ0v) is 20.6. The Morgan fingerprint density at radius 1 is 1.03 bits per heavy atom. The summed E-state index contributed by atoms with van der Waals surface area (Å²) < 4.78 is 20.9. The highest BCUT2D eigenvalue weighted by atomic mass is 32.2. The van der Waals surface area contributed by atoms with Gasteiger partial charge in [-0.25, -0.2) is 8.51 Å². The number of likely N-dealkylation sites (N-methyl/N-ethyl adjacent to an activating group) is 1. The monoisotopic (exact) mass is 458 g/mol. The molecule has 1 fully saturated rings. The first kappa shape index (κ1) is 24.9. The molecule has 0 bridgehead atoms. The molecule has 1 unspecified atom stereocenters. The van der Waals surface area contributed by atoms with Crippen LogP contribution in [-0.2, 0) is 24.1 Å². The predicted molar refractivity (Wildman–Crippen MR) is 132 cm³/mol. The van der Waals surface area contributed by atoms with Crippen molar-refractivity contribution in [3.8, 4) is 5.75 Å². The molecule has 0 aliphatic carbocycles. The maximum Gasteiger partial charge on any atom is 0.127 e.